The van der Waals surface area contributed by atoms with E-state index in [0.717, 1.165) is 12.5 Å². The molecule has 1 rings (SSSR count). The number of carboxylic acids is 1. The lowest BCUT2D eigenvalue weighted by molar-refractivity contribution is 0.0696. The Morgan fingerprint density at radius 1 is 1.25 bits per heavy atom. The molecule has 0 fully saturated rings. The minimum atomic E-state index is -3.76. The number of nitrogens with one attached hydrogen (secondary N) is 1. The number of aliphatic hydroxyl groups excluding tert-OH is 1. The quantitative estimate of drug-likeness (QED) is 0.606. The Bertz CT molecular complexity index is 573. The maximum Gasteiger partial charge on any atom is 0.335 e. The van der Waals surface area contributed by atoms with Crippen molar-refractivity contribution in [3.63, 3.8) is 0 Å². The summed E-state index contributed by atoms with van der Waals surface area (Å²) in [4.78, 5) is 10.8. The number of sulfonamides is 1. The number of hydrogen-bond donors (Lipinski definition) is 3. The number of aliphatic hydroxyl groups is 1. The largest absolute Gasteiger partial charge is 0.478 e. The highest BCUT2D eigenvalue weighted by Crippen LogP contribution is 2.23. The van der Waals surface area contributed by atoms with Crippen LogP contribution in [0.15, 0.2) is 27.6 Å². The average molecular weight is 366 g/mol. The molecule has 0 radical (unpaired) electrons. The normalized spacial score (nSPS) is 11.5. The first-order chi connectivity index (χ1) is 9.38. The second kappa shape index (κ2) is 7.72. The second-order valence-electron chi connectivity index (χ2n) is 4.13. The van der Waals surface area contributed by atoms with Crippen LogP contribution in [0.5, 0.6) is 0 Å². The third kappa shape index (κ3) is 4.86. The van der Waals surface area contributed by atoms with Gasteiger partial charge >= 0.3 is 5.97 Å². The lowest BCUT2D eigenvalue weighted by Crippen LogP contribution is -2.25. The predicted molar refractivity (Wildman–Crippen MR) is 77.2 cm³/mol. The van der Waals surface area contributed by atoms with E-state index in [1.54, 1.807) is 0 Å². The van der Waals surface area contributed by atoms with Crippen LogP contribution in [-0.4, -0.2) is 37.8 Å². The van der Waals surface area contributed by atoms with Gasteiger partial charge in [-0.05, 0) is 53.4 Å². The maximum absolute atomic E-state index is 12.1. The first-order valence-corrected chi connectivity index (χ1v) is 8.29. The van der Waals surface area contributed by atoms with Crippen LogP contribution in [0.1, 0.15) is 29.6 Å². The van der Waals surface area contributed by atoms with Gasteiger partial charge in [0.25, 0.3) is 0 Å². The van der Waals surface area contributed by atoms with Crippen LogP contribution in [-0.2, 0) is 10.0 Å². The molecule has 6 nitrogen and oxygen atoms in total. The number of hydrogen-bond acceptors (Lipinski definition) is 4. The van der Waals surface area contributed by atoms with E-state index in [1.165, 1.54) is 12.1 Å². The van der Waals surface area contributed by atoms with E-state index in [-0.39, 0.29) is 23.6 Å². The zero-order chi connectivity index (χ0) is 15.2. The Kier molecular flexibility index (Phi) is 6.60. The molecule has 0 unspecified atom stereocenters. The number of benzene rings is 1. The third-order valence-electron chi connectivity index (χ3n) is 2.59. The van der Waals surface area contributed by atoms with Crippen molar-refractivity contribution in [3.8, 4) is 0 Å². The molecule has 0 aliphatic heterocycles. The van der Waals surface area contributed by atoms with Crippen molar-refractivity contribution in [2.75, 3.05) is 13.2 Å². The van der Waals surface area contributed by atoms with Gasteiger partial charge in [0.15, 0.2) is 0 Å². The molecule has 20 heavy (non-hydrogen) atoms. The van der Waals surface area contributed by atoms with Crippen LogP contribution in [0.25, 0.3) is 0 Å². The van der Waals surface area contributed by atoms with Crippen molar-refractivity contribution in [2.24, 2.45) is 0 Å². The van der Waals surface area contributed by atoms with E-state index >= 15 is 0 Å². The van der Waals surface area contributed by atoms with Crippen molar-refractivity contribution in [1.82, 2.24) is 4.72 Å². The summed E-state index contributed by atoms with van der Waals surface area (Å²) >= 11 is 3.10. The molecule has 0 spiro atoms. The number of aromatic carboxylic acids is 1. The van der Waals surface area contributed by atoms with Crippen LogP contribution in [0, 0.1) is 0 Å². The second-order valence-corrected chi connectivity index (χ2v) is 6.72. The Morgan fingerprint density at radius 2 is 1.95 bits per heavy atom. The monoisotopic (exact) mass is 365 g/mol. The van der Waals surface area contributed by atoms with Gasteiger partial charge in [-0.25, -0.2) is 17.9 Å². The highest BCUT2D eigenvalue weighted by atomic mass is 79.9. The fourth-order valence-corrected chi connectivity index (χ4v) is 3.60. The topological polar surface area (TPSA) is 104 Å². The zero-order valence-corrected chi connectivity index (χ0v) is 13.1. The molecule has 1 aromatic rings. The summed E-state index contributed by atoms with van der Waals surface area (Å²) in [7, 11) is -3.76. The van der Waals surface area contributed by atoms with Gasteiger partial charge in [0.2, 0.25) is 10.0 Å². The summed E-state index contributed by atoms with van der Waals surface area (Å²) in [5.74, 6) is -1.18. The summed E-state index contributed by atoms with van der Waals surface area (Å²) in [5.41, 5.74) is -0.0890. The van der Waals surface area contributed by atoms with Crippen molar-refractivity contribution in [1.29, 1.82) is 0 Å². The highest BCUT2D eigenvalue weighted by molar-refractivity contribution is 9.10. The van der Waals surface area contributed by atoms with Gasteiger partial charge in [0.05, 0.1) is 10.5 Å². The Balaban J connectivity index is 2.81. The van der Waals surface area contributed by atoms with E-state index < -0.39 is 16.0 Å². The SMILES string of the molecule is O=C(O)c1ccc(Br)c(S(=O)(=O)NCCCCCO)c1. The van der Waals surface area contributed by atoms with E-state index in [2.05, 4.69) is 20.7 Å². The van der Waals surface area contributed by atoms with Gasteiger partial charge in [-0.15, -0.1) is 0 Å². The molecule has 0 heterocycles. The molecular weight excluding hydrogens is 350 g/mol. The molecule has 8 heteroatoms. The molecule has 112 valence electrons. The van der Waals surface area contributed by atoms with Gasteiger partial charge in [-0.2, -0.15) is 0 Å². The van der Waals surface area contributed by atoms with Gasteiger partial charge in [-0.3, -0.25) is 0 Å². The predicted octanol–water partition coefficient (Wildman–Crippen LogP) is 1.59. The molecule has 3 N–H and O–H groups in total. The van der Waals surface area contributed by atoms with Gasteiger partial charge in [0.1, 0.15) is 0 Å². The fraction of sp³-hybridized carbons (Fsp3) is 0.417. The minimum Gasteiger partial charge on any atom is -0.478 e. The van der Waals surface area contributed by atoms with Gasteiger partial charge < -0.3 is 10.2 Å². The fourth-order valence-electron chi connectivity index (χ4n) is 1.54. The van der Waals surface area contributed by atoms with Crippen LogP contribution in [0.3, 0.4) is 0 Å². The number of halogens is 1. The third-order valence-corrected chi connectivity index (χ3v) is 5.05. The molecule has 1 aromatic carbocycles. The molecule has 0 amide bonds. The van der Waals surface area contributed by atoms with Crippen molar-refractivity contribution >= 4 is 31.9 Å². The first-order valence-electron chi connectivity index (χ1n) is 6.02. The van der Waals surface area contributed by atoms with Gasteiger partial charge in [0, 0.05) is 17.6 Å². The Morgan fingerprint density at radius 3 is 2.55 bits per heavy atom. The number of unbranched alkanes of at least 4 members (excludes halogenated alkanes) is 2. The van der Waals surface area contributed by atoms with Gasteiger partial charge in [-0.1, -0.05) is 0 Å². The standard InChI is InChI=1S/C12H16BrNO5S/c13-10-5-4-9(12(16)17)8-11(10)20(18,19)14-6-2-1-3-7-15/h4-5,8,14-15H,1-3,6-7H2,(H,16,17). The maximum atomic E-state index is 12.1. The summed E-state index contributed by atoms with van der Waals surface area (Å²) in [6.45, 7) is 0.324. The Labute approximate surface area is 126 Å². The summed E-state index contributed by atoms with van der Waals surface area (Å²) < 4.78 is 26.9. The molecule has 0 aliphatic rings. The average Bonchev–Trinajstić information content (AvgIpc) is 2.38. The van der Waals surface area contributed by atoms with Crippen molar-refractivity contribution < 1.29 is 23.4 Å². The number of carbonyl (C=O) groups is 1. The molecule has 0 saturated heterocycles. The minimum absolute atomic E-state index is 0.0823. The van der Waals surface area contributed by atoms with E-state index in [1.807, 2.05) is 0 Å². The number of rotatable bonds is 8. The van der Waals surface area contributed by atoms with Crippen LogP contribution >= 0.6 is 15.9 Å². The Hall–Kier alpha value is -0.960. The smallest absolute Gasteiger partial charge is 0.335 e. The summed E-state index contributed by atoms with van der Waals surface area (Å²) in [6, 6.07) is 3.83. The molecule has 0 saturated carbocycles. The first kappa shape index (κ1) is 17.1. The number of carboxylic acid groups (broad SMARTS) is 1. The molecule has 0 bridgehead atoms. The summed E-state index contributed by atoms with van der Waals surface area (Å²) in [5, 5.41) is 17.5. The van der Waals surface area contributed by atoms with Crippen molar-refractivity contribution in [2.45, 2.75) is 24.2 Å². The van der Waals surface area contributed by atoms with Crippen LogP contribution in [0.4, 0.5) is 0 Å². The van der Waals surface area contributed by atoms with Crippen LogP contribution in [0.2, 0.25) is 0 Å². The molecule has 0 atom stereocenters. The van der Waals surface area contributed by atoms with E-state index in [9.17, 15) is 13.2 Å². The van der Waals surface area contributed by atoms with E-state index in [4.69, 9.17) is 10.2 Å². The highest BCUT2D eigenvalue weighted by Gasteiger charge is 2.19. The van der Waals surface area contributed by atoms with Crippen molar-refractivity contribution in [3.05, 3.63) is 28.2 Å². The summed E-state index contributed by atoms with van der Waals surface area (Å²) in [6.07, 6.45) is 1.95. The molecule has 0 aliphatic carbocycles. The zero-order valence-electron chi connectivity index (χ0n) is 10.7. The molecule has 0 aromatic heterocycles. The lowest BCUT2D eigenvalue weighted by atomic mass is 10.2. The van der Waals surface area contributed by atoms with E-state index in [0.29, 0.717) is 17.3 Å². The lowest BCUT2D eigenvalue weighted by Gasteiger charge is -2.09. The molecular formula is C12H16BrNO5S. The van der Waals surface area contributed by atoms with Crippen LogP contribution < -0.4 is 4.72 Å².